The summed E-state index contributed by atoms with van der Waals surface area (Å²) in [5.74, 6) is 2.84. The van der Waals surface area contributed by atoms with Gasteiger partial charge in [0.25, 0.3) is 0 Å². The molecule has 1 unspecified atom stereocenters. The quantitative estimate of drug-likeness (QED) is 0.658. The molecule has 0 bridgehead atoms. The van der Waals surface area contributed by atoms with Gasteiger partial charge < -0.3 is 14.6 Å². The van der Waals surface area contributed by atoms with E-state index >= 15 is 0 Å². The zero-order valence-corrected chi connectivity index (χ0v) is 18.5. The molecule has 1 aromatic heterocycles. The average molecular weight is 418 g/mol. The summed E-state index contributed by atoms with van der Waals surface area (Å²) >= 11 is 0. The molecule has 2 aliphatic heterocycles. The summed E-state index contributed by atoms with van der Waals surface area (Å²) in [5.41, 5.74) is 0. The molecule has 1 aliphatic carbocycles. The van der Waals surface area contributed by atoms with E-state index in [1.54, 1.807) is 0 Å². The van der Waals surface area contributed by atoms with Crippen LogP contribution in [-0.2, 0) is 22.5 Å². The Morgan fingerprint density at radius 1 is 1.00 bits per heavy atom. The summed E-state index contributed by atoms with van der Waals surface area (Å²) in [6.07, 6.45) is 14.8. The number of rotatable bonds is 8. The van der Waals surface area contributed by atoms with Gasteiger partial charge in [-0.2, -0.15) is 0 Å². The summed E-state index contributed by atoms with van der Waals surface area (Å²) in [7, 11) is 0. The van der Waals surface area contributed by atoms with Crippen LogP contribution >= 0.6 is 0 Å². The van der Waals surface area contributed by atoms with E-state index in [9.17, 15) is 4.79 Å². The molecule has 4 rings (SSSR count). The van der Waals surface area contributed by atoms with Crippen LogP contribution < -0.4 is 5.32 Å². The lowest BCUT2D eigenvalue weighted by molar-refractivity contribution is -0.122. The maximum atomic E-state index is 12.4. The van der Waals surface area contributed by atoms with Gasteiger partial charge in [0, 0.05) is 38.6 Å². The van der Waals surface area contributed by atoms with Gasteiger partial charge in [-0.05, 0) is 51.5 Å². The van der Waals surface area contributed by atoms with Crippen molar-refractivity contribution in [1.29, 1.82) is 0 Å². The SMILES string of the molecule is O=C(CN1CCCC(c2nnc3n2CCCCC3)C1)NCCCOC1CCCCC1. The molecule has 1 amide bonds. The van der Waals surface area contributed by atoms with Crippen molar-refractivity contribution in [3.63, 3.8) is 0 Å². The summed E-state index contributed by atoms with van der Waals surface area (Å²) < 4.78 is 8.32. The van der Waals surface area contributed by atoms with Crippen LogP contribution in [0, 0.1) is 0 Å². The lowest BCUT2D eigenvalue weighted by Gasteiger charge is -2.32. The molecule has 0 aromatic carbocycles. The predicted molar refractivity (Wildman–Crippen MR) is 116 cm³/mol. The molecule has 1 saturated heterocycles. The second-order valence-electron chi connectivity index (χ2n) is 9.35. The predicted octanol–water partition coefficient (Wildman–Crippen LogP) is 3.04. The van der Waals surface area contributed by atoms with Crippen molar-refractivity contribution in [3.05, 3.63) is 11.6 Å². The topological polar surface area (TPSA) is 72.3 Å². The fourth-order valence-electron chi connectivity index (χ4n) is 5.26. The van der Waals surface area contributed by atoms with Crippen molar-refractivity contribution in [2.75, 3.05) is 32.8 Å². The lowest BCUT2D eigenvalue weighted by Crippen LogP contribution is -2.42. The van der Waals surface area contributed by atoms with Crippen LogP contribution in [0.4, 0.5) is 0 Å². The van der Waals surface area contributed by atoms with E-state index in [0.29, 0.717) is 25.1 Å². The van der Waals surface area contributed by atoms with E-state index in [0.717, 1.165) is 63.6 Å². The standard InChI is InChI=1S/C23H39N5O2/c29-22(24-13-8-16-30-20-10-3-1-4-11-20)18-27-14-7-9-19(17-27)23-26-25-21-12-5-2-6-15-28(21)23/h19-20H,1-18H2,(H,24,29). The van der Waals surface area contributed by atoms with E-state index in [2.05, 4.69) is 25.0 Å². The van der Waals surface area contributed by atoms with Gasteiger partial charge in [0.05, 0.1) is 12.6 Å². The molecule has 30 heavy (non-hydrogen) atoms. The van der Waals surface area contributed by atoms with Crippen LogP contribution in [0.2, 0.25) is 0 Å². The first-order valence-corrected chi connectivity index (χ1v) is 12.3. The fourth-order valence-corrected chi connectivity index (χ4v) is 5.26. The minimum absolute atomic E-state index is 0.133. The van der Waals surface area contributed by atoms with Crippen molar-refractivity contribution in [1.82, 2.24) is 25.0 Å². The van der Waals surface area contributed by atoms with Gasteiger partial charge in [-0.25, -0.2) is 0 Å². The minimum Gasteiger partial charge on any atom is -0.378 e. The van der Waals surface area contributed by atoms with Crippen LogP contribution in [0.3, 0.4) is 0 Å². The maximum absolute atomic E-state index is 12.4. The fraction of sp³-hybridized carbons (Fsp3) is 0.870. The van der Waals surface area contributed by atoms with Crippen molar-refractivity contribution >= 4 is 5.91 Å². The molecule has 7 nitrogen and oxygen atoms in total. The second-order valence-corrected chi connectivity index (χ2v) is 9.35. The molecule has 1 N–H and O–H groups in total. The minimum atomic E-state index is 0.133. The number of nitrogens with one attached hydrogen (secondary N) is 1. The number of aryl methyl sites for hydroxylation is 1. The van der Waals surface area contributed by atoms with E-state index in [-0.39, 0.29) is 5.91 Å². The molecule has 3 aliphatic rings. The number of ether oxygens (including phenoxy) is 1. The Balaban J connectivity index is 1.17. The third-order valence-electron chi connectivity index (χ3n) is 6.93. The normalized spacial score (nSPS) is 23.7. The van der Waals surface area contributed by atoms with E-state index in [1.165, 1.54) is 51.4 Å². The van der Waals surface area contributed by atoms with Crippen molar-refractivity contribution in [2.24, 2.45) is 0 Å². The third-order valence-corrected chi connectivity index (χ3v) is 6.93. The summed E-state index contributed by atoms with van der Waals surface area (Å²) in [6, 6.07) is 0. The number of nitrogens with zero attached hydrogens (tertiary/aromatic N) is 4. The Morgan fingerprint density at radius 3 is 2.77 bits per heavy atom. The number of carbonyl (C=O) groups excluding carboxylic acids is 1. The van der Waals surface area contributed by atoms with Crippen LogP contribution in [0.15, 0.2) is 0 Å². The number of aromatic nitrogens is 3. The van der Waals surface area contributed by atoms with E-state index in [4.69, 9.17) is 4.74 Å². The van der Waals surface area contributed by atoms with Gasteiger partial charge in [-0.1, -0.05) is 25.7 Å². The largest absolute Gasteiger partial charge is 0.378 e. The van der Waals surface area contributed by atoms with Crippen molar-refractivity contribution < 1.29 is 9.53 Å². The molecule has 168 valence electrons. The second kappa shape index (κ2) is 11.2. The molecule has 0 radical (unpaired) electrons. The maximum Gasteiger partial charge on any atom is 0.234 e. The Labute approximate surface area is 180 Å². The van der Waals surface area contributed by atoms with Gasteiger partial charge >= 0.3 is 0 Å². The molecule has 1 atom stereocenters. The average Bonchev–Trinajstić information content (AvgIpc) is 3.03. The number of hydrogen-bond acceptors (Lipinski definition) is 5. The Morgan fingerprint density at radius 2 is 1.87 bits per heavy atom. The van der Waals surface area contributed by atoms with Gasteiger partial charge in [0.2, 0.25) is 5.91 Å². The summed E-state index contributed by atoms with van der Waals surface area (Å²) in [5, 5.41) is 12.1. The van der Waals surface area contributed by atoms with Crippen molar-refractivity contribution in [3.8, 4) is 0 Å². The lowest BCUT2D eigenvalue weighted by atomic mass is 9.97. The summed E-state index contributed by atoms with van der Waals surface area (Å²) in [4.78, 5) is 14.7. The third kappa shape index (κ3) is 6.03. The number of amides is 1. The van der Waals surface area contributed by atoms with Crippen molar-refractivity contribution in [2.45, 2.75) is 95.6 Å². The highest BCUT2D eigenvalue weighted by atomic mass is 16.5. The summed E-state index contributed by atoms with van der Waals surface area (Å²) in [6.45, 7) is 4.92. The molecule has 2 fully saturated rings. The Hall–Kier alpha value is -1.47. The van der Waals surface area contributed by atoms with Gasteiger partial charge in [-0.3, -0.25) is 9.69 Å². The van der Waals surface area contributed by atoms with Gasteiger partial charge in [-0.15, -0.1) is 10.2 Å². The van der Waals surface area contributed by atoms with Gasteiger partial charge in [0.15, 0.2) is 0 Å². The monoisotopic (exact) mass is 417 g/mol. The number of hydrogen-bond donors (Lipinski definition) is 1. The van der Waals surface area contributed by atoms with Gasteiger partial charge in [0.1, 0.15) is 11.6 Å². The first kappa shape index (κ1) is 21.8. The van der Waals surface area contributed by atoms with Crippen LogP contribution in [0.5, 0.6) is 0 Å². The first-order chi connectivity index (χ1) is 14.8. The van der Waals surface area contributed by atoms with Crippen LogP contribution in [0.25, 0.3) is 0 Å². The highest BCUT2D eigenvalue weighted by molar-refractivity contribution is 5.78. The van der Waals surface area contributed by atoms with E-state index < -0.39 is 0 Å². The molecular formula is C23H39N5O2. The number of fused-ring (bicyclic) bond motifs is 1. The highest BCUT2D eigenvalue weighted by Crippen LogP contribution is 2.27. The van der Waals surface area contributed by atoms with E-state index in [1.807, 2.05) is 0 Å². The number of piperidine rings is 1. The highest BCUT2D eigenvalue weighted by Gasteiger charge is 2.28. The smallest absolute Gasteiger partial charge is 0.234 e. The molecule has 0 spiro atoms. The Kier molecular flexibility index (Phi) is 8.15. The molecular weight excluding hydrogens is 378 g/mol. The zero-order chi connectivity index (χ0) is 20.6. The first-order valence-electron chi connectivity index (χ1n) is 12.3. The van der Waals surface area contributed by atoms with Crippen LogP contribution in [0.1, 0.15) is 88.2 Å². The molecule has 1 aromatic rings. The molecule has 3 heterocycles. The Bertz CT molecular complexity index is 671. The van der Waals surface area contributed by atoms with Crippen LogP contribution in [-0.4, -0.2) is 64.5 Å². The molecule has 1 saturated carbocycles. The number of carbonyl (C=O) groups is 1. The molecule has 7 heteroatoms. The zero-order valence-electron chi connectivity index (χ0n) is 18.5. The number of likely N-dealkylation sites (tertiary alicyclic amines) is 1.